The maximum Gasteiger partial charge on any atom is 0.0847 e. The third kappa shape index (κ3) is 3.58. The summed E-state index contributed by atoms with van der Waals surface area (Å²) in [7, 11) is 1.94. The quantitative estimate of drug-likeness (QED) is 0.890. The van der Waals surface area contributed by atoms with E-state index in [1.165, 1.54) is 0 Å². The van der Waals surface area contributed by atoms with Gasteiger partial charge >= 0.3 is 0 Å². The Kier molecular flexibility index (Phi) is 5.15. The highest BCUT2D eigenvalue weighted by molar-refractivity contribution is 6.31. The SMILES string of the molecule is CCNC(Cc1ccccn1)Cc1c(Cl)c(C)nn1C. The molecule has 5 heteroatoms. The standard InChI is InChI=1S/C15H21ClN4/c1-4-17-13(9-12-7-5-6-8-18-12)10-14-15(16)11(2)19-20(14)3/h5-8,13,17H,4,9-10H2,1-3H3. The van der Waals surface area contributed by atoms with E-state index in [2.05, 4.69) is 28.4 Å². The van der Waals surface area contributed by atoms with Gasteiger partial charge in [-0.3, -0.25) is 9.67 Å². The van der Waals surface area contributed by atoms with Crippen LogP contribution in [0.2, 0.25) is 5.02 Å². The van der Waals surface area contributed by atoms with Crippen molar-refractivity contribution >= 4 is 11.6 Å². The first-order chi connectivity index (χ1) is 9.61. The van der Waals surface area contributed by atoms with Gasteiger partial charge < -0.3 is 5.32 Å². The molecule has 108 valence electrons. The smallest absolute Gasteiger partial charge is 0.0847 e. The maximum atomic E-state index is 6.33. The molecule has 0 aliphatic carbocycles. The molecule has 2 heterocycles. The van der Waals surface area contributed by atoms with Crippen LogP contribution in [-0.2, 0) is 19.9 Å². The van der Waals surface area contributed by atoms with Gasteiger partial charge in [0.15, 0.2) is 0 Å². The van der Waals surface area contributed by atoms with Gasteiger partial charge in [-0.05, 0) is 25.6 Å². The number of hydrogen-bond acceptors (Lipinski definition) is 3. The summed E-state index contributed by atoms with van der Waals surface area (Å²) in [5.74, 6) is 0. The zero-order valence-electron chi connectivity index (χ0n) is 12.2. The number of likely N-dealkylation sites (N-methyl/N-ethyl adjacent to an activating group) is 1. The average molecular weight is 293 g/mol. The molecule has 1 atom stereocenters. The molecular weight excluding hydrogens is 272 g/mol. The summed E-state index contributed by atoms with van der Waals surface area (Å²) in [6, 6.07) is 6.32. The molecule has 0 aliphatic heterocycles. The largest absolute Gasteiger partial charge is 0.313 e. The van der Waals surface area contributed by atoms with Crippen LogP contribution in [-0.4, -0.2) is 27.4 Å². The molecule has 0 aromatic carbocycles. The summed E-state index contributed by atoms with van der Waals surface area (Å²) in [6.45, 7) is 4.97. The van der Waals surface area contributed by atoms with Crippen LogP contribution in [0.4, 0.5) is 0 Å². The van der Waals surface area contributed by atoms with Crippen molar-refractivity contribution < 1.29 is 0 Å². The van der Waals surface area contributed by atoms with E-state index in [0.717, 1.165) is 41.5 Å². The minimum atomic E-state index is 0.308. The van der Waals surface area contributed by atoms with E-state index in [1.54, 1.807) is 0 Å². The molecule has 0 fully saturated rings. The Balaban J connectivity index is 2.13. The van der Waals surface area contributed by atoms with Gasteiger partial charge in [0.1, 0.15) is 0 Å². The van der Waals surface area contributed by atoms with E-state index in [-0.39, 0.29) is 0 Å². The van der Waals surface area contributed by atoms with E-state index in [0.29, 0.717) is 6.04 Å². The van der Waals surface area contributed by atoms with Gasteiger partial charge in [0.25, 0.3) is 0 Å². The highest BCUT2D eigenvalue weighted by Crippen LogP contribution is 2.21. The number of nitrogens with zero attached hydrogens (tertiary/aromatic N) is 3. The Bertz CT molecular complexity index is 551. The molecule has 0 spiro atoms. The van der Waals surface area contributed by atoms with Crippen molar-refractivity contribution in [2.45, 2.75) is 32.7 Å². The Labute approximate surface area is 125 Å². The van der Waals surface area contributed by atoms with Crippen molar-refractivity contribution in [2.75, 3.05) is 6.54 Å². The van der Waals surface area contributed by atoms with Gasteiger partial charge in [-0.2, -0.15) is 5.10 Å². The van der Waals surface area contributed by atoms with Crippen molar-refractivity contribution in [3.8, 4) is 0 Å². The van der Waals surface area contributed by atoms with Gasteiger partial charge in [0.05, 0.1) is 16.4 Å². The normalized spacial score (nSPS) is 12.6. The van der Waals surface area contributed by atoms with Crippen LogP contribution in [0.1, 0.15) is 24.0 Å². The van der Waals surface area contributed by atoms with Crippen LogP contribution in [0.25, 0.3) is 0 Å². The second-order valence-electron chi connectivity index (χ2n) is 4.95. The van der Waals surface area contributed by atoms with Crippen LogP contribution < -0.4 is 5.32 Å². The molecule has 0 bridgehead atoms. The summed E-state index contributed by atoms with van der Waals surface area (Å²) in [5, 5.41) is 8.65. The van der Waals surface area contributed by atoms with Gasteiger partial charge in [-0.25, -0.2) is 0 Å². The first kappa shape index (κ1) is 15.0. The lowest BCUT2D eigenvalue weighted by Gasteiger charge is -2.18. The predicted octanol–water partition coefficient (Wildman–Crippen LogP) is 2.54. The fraction of sp³-hybridized carbons (Fsp3) is 0.467. The molecule has 0 saturated carbocycles. The molecule has 20 heavy (non-hydrogen) atoms. The van der Waals surface area contributed by atoms with E-state index in [9.17, 15) is 0 Å². The Morgan fingerprint density at radius 2 is 2.15 bits per heavy atom. The van der Waals surface area contributed by atoms with Crippen LogP contribution in [0.3, 0.4) is 0 Å². The van der Waals surface area contributed by atoms with Crippen LogP contribution in [0.5, 0.6) is 0 Å². The van der Waals surface area contributed by atoms with Gasteiger partial charge in [0.2, 0.25) is 0 Å². The molecule has 0 amide bonds. The second kappa shape index (κ2) is 6.86. The lowest BCUT2D eigenvalue weighted by atomic mass is 10.0. The fourth-order valence-electron chi connectivity index (χ4n) is 2.41. The summed E-state index contributed by atoms with van der Waals surface area (Å²) in [5.41, 5.74) is 3.05. The zero-order valence-corrected chi connectivity index (χ0v) is 13.0. The molecule has 1 unspecified atom stereocenters. The lowest BCUT2D eigenvalue weighted by molar-refractivity contribution is 0.500. The monoisotopic (exact) mass is 292 g/mol. The number of hydrogen-bond donors (Lipinski definition) is 1. The lowest BCUT2D eigenvalue weighted by Crippen LogP contribution is -2.34. The number of rotatable bonds is 6. The van der Waals surface area contributed by atoms with Crippen molar-refractivity contribution in [1.29, 1.82) is 0 Å². The van der Waals surface area contributed by atoms with Crippen LogP contribution in [0.15, 0.2) is 24.4 Å². The first-order valence-electron chi connectivity index (χ1n) is 6.93. The molecule has 1 N–H and O–H groups in total. The van der Waals surface area contributed by atoms with E-state index in [1.807, 2.05) is 37.0 Å². The predicted molar refractivity (Wildman–Crippen MR) is 82.1 cm³/mol. The van der Waals surface area contributed by atoms with Crippen molar-refractivity contribution in [1.82, 2.24) is 20.1 Å². The molecule has 0 saturated heterocycles. The first-order valence-corrected chi connectivity index (χ1v) is 7.30. The zero-order chi connectivity index (χ0) is 14.5. The number of aryl methyl sites for hydroxylation is 2. The van der Waals surface area contributed by atoms with E-state index in [4.69, 9.17) is 11.6 Å². The van der Waals surface area contributed by atoms with Gasteiger partial charge in [-0.1, -0.05) is 24.6 Å². The van der Waals surface area contributed by atoms with Crippen molar-refractivity contribution in [3.63, 3.8) is 0 Å². The summed E-state index contributed by atoms with van der Waals surface area (Å²) >= 11 is 6.33. The summed E-state index contributed by atoms with van der Waals surface area (Å²) < 4.78 is 1.88. The molecule has 2 aromatic heterocycles. The maximum absolute atomic E-state index is 6.33. The Morgan fingerprint density at radius 3 is 2.70 bits per heavy atom. The Morgan fingerprint density at radius 1 is 1.35 bits per heavy atom. The minimum absolute atomic E-state index is 0.308. The van der Waals surface area contributed by atoms with Gasteiger partial charge in [0, 0.05) is 37.8 Å². The molecule has 0 aliphatic rings. The minimum Gasteiger partial charge on any atom is -0.313 e. The Hall–Kier alpha value is -1.39. The van der Waals surface area contributed by atoms with E-state index >= 15 is 0 Å². The fourth-order valence-corrected chi connectivity index (χ4v) is 2.65. The summed E-state index contributed by atoms with van der Waals surface area (Å²) in [4.78, 5) is 4.40. The highest BCUT2D eigenvalue weighted by Gasteiger charge is 2.17. The molecule has 2 aromatic rings. The summed E-state index contributed by atoms with van der Waals surface area (Å²) in [6.07, 6.45) is 3.56. The van der Waals surface area contributed by atoms with Crippen LogP contribution >= 0.6 is 11.6 Å². The second-order valence-corrected chi connectivity index (χ2v) is 5.33. The third-order valence-electron chi connectivity index (χ3n) is 3.38. The topological polar surface area (TPSA) is 42.7 Å². The van der Waals surface area contributed by atoms with Crippen LogP contribution in [0, 0.1) is 6.92 Å². The molecule has 2 rings (SSSR count). The molecule has 0 radical (unpaired) electrons. The molecule has 4 nitrogen and oxygen atoms in total. The average Bonchev–Trinajstić information content (AvgIpc) is 2.67. The van der Waals surface area contributed by atoms with E-state index < -0.39 is 0 Å². The molecular formula is C15H21ClN4. The highest BCUT2D eigenvalue weighted by atomic mass is 35.5. The third-order valence-corrected chi connectivity index (χ3v) is 3.87. The van der Waals surface area contributed by atoms with Crippen molar-refractivity contribution in [2.24, 2.45) is 7.05 Å². The van der Waals surface area contributed by atoms with Gasteiger partial charge in [-0.15, -0.1) is 0 Å². The number of aromatic nitrogens is 3. The van der Waals surface area contributed by atoms with Crippen molar-refractivity contribution in [3.05, 3.63) is 46.5 Å². The number of nitrogens with one attached hydrogen (secondary N) is 1. The number of pyridine rings is 1. The number of halogens is 1.